The number of carboxylic acid groups (broad SMARTS) is 1. The largest absolute Gasteiger partial charge is 0.477 e. The number of aryl methyl sites for hydroxylation is 1. The lowest BCUT2D eigenvalue weighted by Gasteiger charge is -2.07. The van der Waals surface area contributed by atoms with Gasteiger partial charge in [-0.25, -0.2) is 23.7 Å². The molecule has 1 N–H and O–H groups in total. The van der Waals surface area contributed by atoms with Crippen LogP contribution in [0.5, 0.6) is 0 Å². The van der Waals surface area contributed by atoms with Gasteiger partial charge in [0, 0.05) is 5.56 Å². The van der Waals surface area contributed by atoms with E-state index in [-0.39, 0.29) is 33.6 Å². The topological polar surface area (TPSA) is 80.4 Å². The van der Waals surface area contributed by atoms with Gasteiger partial charge < -0.3 is 5.11 Å². The Hall–Kier alpha value is -3.56. The number of carbonyl (C=O) groups is 1. The molecule has 0 unspecified atom stereocenters. The van der Waals surface area contributed by atoms with Gasteiger partial charge in [-0.2, -0.15) is 13.2 Å². The Labute approximate surface area is 154 Å². The van der Waals surface area contributed by atoms with Crippen molar-refractivity contribution in [1.82, 2.24) is 19.6 Å². The molecule has 0 aliphatic heterocycles. The first-order chi connectivity index (χ1) is 13.1. The first-order valence-corrected chi connectivity index (χ1v) is 7.92. The number of hydrogen-bond donors (Lipinski definition) is 1. The van der Waals surface area contributed by atoms with Gasteiger partial charge in [0.2, 0.25) is 0 Å². The van der Waals surface area contributed by atoms with Crippen LogP contribution in [0, 0.1) is 12.7 Å². The molecule has 28 heavy (non-hydrogen) atoms. The molecule has 3 heterocycles. The van der Waals surface area contributed by atoms with Crippen LogP contribution in [0.2, 0.25) is 0 Å². The zero-order chi connectivity index (χ0) is 20.2. The molecule has 0 saturated carbocycles. The third-order valence-corrected chi connectivity index (χ3v) is 4.19. The maximum absolute atomic E-state index is 13.2. The van der Waals surface area contributed by atoms with E-state index in [1.54, 1.807) is 0 Å². The van der Waals surface area contributed by atoms with Crippen LogP contribution >= 0.6 is 0 Å². The minimum Gasteiger partial charge on any atom is -0.477 e. The summed E-state index contributed by atoms with van der Waals surface area (Å²) in [4.78, 5) is 19.6. The molecule has 4 rings (SSSR count). The van der Waals surface area contributed by atoms with E-state index in [0.29, 0.717) is 5.56 Å². The number of aromatic carboxylic acids is 1. The van der Waals surface area contributed by atoms with E-state index in [1.807, 2.05) is 0 Å². The average Bonchev–Trinajstić information content (AvgIpc) is 2.99. The number of halogens is 4. The third kappa shape index (κ3) is 2.82. The Bertz CT molecular complexity index is 1250. The Morgan fingerprint density at radius 3 is 2.39 bits per heavy atom. The van der Waals surface area contributed by atoms with Crippen molar-refractivity contribution >= 4 is 22.6 Å². The van der Waals surface area contributed by atoms with Crippen LogP contribution in [-0.4, -0.2) is 30.7 Å². The smallest absolute Gasteiger partial charge is 0.433 e. The van der Waals surface area contributed by atoms with Crippen LogP contribution in [0.4, 0.5) is 17.6 Å². The Kier molecular flexibility index (Phi) is 3.81. The second-order valence-corrected chi connectivity index (χ2v) is 6.09. The molecule has 0 aliphatic carbocycles. The van der Waals surface area contributed by atoms with Crippen molar-refractivity contribution < 1.29 is 27.5 Å². The normalized spacial score (nSPS) is 12.0. The maximum atomic E-state index is 13.2. The van der Waals surface area contributed by atoms with Gasteiger partial charge in [-0.15, -0.1) is 5.10 Å². The van der Waals surface area contributed by atoms with Gasteiger partial charge in [0.1, 0.15) is 11.5 Å². The third-order valence-electron chi connectivity index (χ3n) is 4.19. The molecule has 0 fully saturated rings. The van der Waals surface area contributed by atoms with E-state index in [9.17, 15) is 27.5 Å². The van der Waals surface area contributed by atoms with Gasteiger partial charge in [-0.05, 0) is 48.9 Å². The van der Waals surface area contributed by atoms with Crippen molar-refractivity contribution in [1.29, 1.82) is 0 Å². The predicted octanol–water partition coefficient (Wildman–Crippen LogP) is 4.11. The molecule has 0 spiro atoms. The highest BCUT2D eigenvalue weighted by atomic mass is 19.4. The number of rotatable bonds is 2. The van der Waals surface area contributed by atoms with Gasteiger partial charge in [-0.3, -0.25) is 0 Å². The molecular formula is C18H10F4N4O2. The first-order valence-electron chi connectivity index (χ1n) is 7.92. The van der Waals surface area contributed by atoms with E-state index in [0.717, 1.165) is 10.6 Å². The molecule has 0 atom stereocenters. The predicted molar refractivity (Wildman–Crippen MR) is 90.4 cm³/mol. The van der Waals surface area contributed by atoms with Crippen LogP contribution in [0.3, 0.4) is 0 Å². The van der Waals surface area contributed by atoms with E-state index >= 15 is 0 Å². The number of alkyl halides is 3. The van der Waals surface area contributed by atoms with Gasteiger partial charge in [0.05, 0.1) is 11.1 Å². The molecule has 10 heteroatoms. The lowest BCUT2D eigenvalue weighted by atomic mass is 10.1. The van der Waals surface area contributed by atoms with Crippen LogP contribution < -0.4 is 0 Å². The van der Waals surface area contributed by atoms with E-state index in [4.69, 9.17) is 0 Å². The number of carboxylic acids is 1. The molecule has 3 aromatic heterocycles. The van der Waals surface area contributed by atoms with Crippen molar-refractivity contribution in [3.8, 4) is 11.3 Å². The summed E-state index contributed by atoms with van der Waals surface area (Å²) in [5.74, 6) is -1.82. The van der Waals surface area contributed by atoms with Crippen molar-refractivity contribution in [2.75, 3.05) is 0 Å². The van der Waals surface area contributed by atoms with Crippen LogP contribution in [-0.2, 0) is 6.18 Å². The summed E-state index contributed by atoms with van der Waals surface area (Å²) >= 11 is 0. The molecule has 1 aromatic carbocycles. The summed E-state index contributed by atoms with van der Waals surface area (Å²) in [7, 11) is 0. The number of nitrogens with zero attached hydrogens (tertiary/aromatic N) is 4. The van der Waals surface area contributed by atoms with Crippen molar-refractivity contribution in [2.45, 2.75) is 13.1 Å². The molecule has 142 valence electrons. The van der Waals surface area contributed by atoms with Gasteiger partial charge in [0.15, 0.2) is 17.0 Å². The zero-order valence-electron chi connectivity index (χ0n) is 14.1. The maximum Gasteiger partial charge on any atom is 0.433 e. The number of pyridine rings is 1. The second-order valence-electron chi connectivity index (χ2n) is 6.09. The molecule has 0 amide bonds. The van der Waals surface area contributed by atoms with Crippen molar-refractivity contribution in [3.63, 3.8) is 0 Å². The second kappa shape index (κ2) is 5.98. The van der Waals surface area contributed by atoms with E-state index in [2.05, 4.69) is 15.1 Å². The lowest BCUT2D eigenvalue weighted by molar-refractivity contribution is -0.141. The number of aromatic nitrogens is 4. The molecule has 0 saturated heterocycles. The fourth-order valence-electron chi connectivity index (χ4n) is 2.93. The van der Waals surface area contributed by atoms with Gasteiger partial charge in [-0.1, -0.05) is 0 Å². The fourth-order valence-corrected chi connectivity index (χ4v) is 2.93. The Morgan fingerprint density at radius 1 is 1.11 bits per heavy atom. The zero-order valence-corrected chi connectivity index (χ0v) is 14.1. The Balaban J connectivity index is 2.07. The van der Waals surface area contributed by atoms with E-state index < -0.39 is 23.7 Å². The molecule has 0 aliphatic rings. The van der Waals surface area contributed by atoms with Crippen LogP contribution in [0.1, 0.15) is 21.7 Å². The van der Waals surface area contributed by atoms with Crippen LogP contribution in [0.25, 0.3) is 27.9 Å². The highest BCUT2D eigenvalue weighted by molar-refractivity contribution is 5.96. The summed E-state index contributed by atoms with van der Waals surface area (Å²) in [6, 6.07) is 7.30. The fraction of sp³-hybridized carbons (Fsp3) is 0.111. The van der Waals surface area contributed by atoms with Gasteiger partial charge >= 0.3 is 12.1 Å². The summed E-state index contributed by atoms with van der Waals surface area (Å²) < 4.78 is 53.2. The minimum absolute atomic E-state index is 0.0490. The molecule has 4 aromatic rings. The quantitative estimate of drug-likeness (QED) is 0.521. The molecule has 0 bridgehead atoms. The minimum atomic E-state index is -4.67. The Morgan fingerprint density at radius 2 is 1.79 bits per heavy atom. The summed E-state index contributed by atoms with van der Waals surface area (Å²) in [6.45, 7) is 1.44. The number of benzene rings is 1. The van der Waals surface area contributed by atoms with Gasteiger partial charge in [0.25, 0.3) is 0 Å². The molecule has 6 nitrogen and oxygen atoms in total. The lowest BCUT2D eigenvalue weighted by Crippen LogP contribution is -2.08. The highest BCUT2D eigenvalue weighted by Gasteiger charge is 2.34. The number of hydrogen-bond acceptors (Lipinski definition) is 4. The summed E-state index contributed by atoms with van der Waals surface area (Å²) in [5, 5.41) is 13.7. The monoisotopic (exact) mass is 390 g/mol. The van der Waals surface area contributed by atoms with Crippen LogP contribution in [0.15, 0.2) is 36.4 Å². The van der Waals surface area contributed by atoms with Crippen molar-refractivity contribution in [2.24, 2.45) is 0 Å². The number of fused-ring (bicyclic) bond motifs is 3. The summed E-state index contributed by atoms with van der Waals surface area (Å²) in [6.07, 6.45) is -4.67. The first kappa shape index (κ1) is 17.8. The molecular weight excluding hydrogens is 380 g/mol. The summed E-state index contributed by atoms with van der Waals surface area (Å²) in [5.41, 5.74) is -0.796. The highest BCUT2D eigenvalue weighted by Crippen LogP contribution is 2.32. The van der Waals surface area contributed by atoms with Crippen molar-refractivity contribution in [3.05, 3.63) is 59.2 Å². The molecule has 0 radical (unpaired) electrons. The standard InChI is InChI=1S/C18H10F4N4O2/c1-8-6-13(18(20,21)22)24-15-14(8)16-23-11(9-2-4-10(19)5-3-9)7-12(17(27)28)26(16)25-15/h2-7H,1H3,(H,27,28). The SMILES string of the molecule is Cc1cc(C(F)(F)F)nc2nn3c(C(=O)O)cc(-c4ccc(F)cc4)nc3c12. The average molecular weight is 390 g/mol. The van der Waals surface area contributed by atoms with E-state index in [1.165, 1.54) is 37.3 Å².